The van der Waals surface area contributed by atoms with Gasteiger partial charge >= 0.3 is 0 Å². The molecule has 3 heterocycles. The van der Waals surface area contributed by atoms with Crippen molar-refractivity contribution in [3.63, 3.8) is 0 Å². The van der Waals surface area contributed by atoms with Crippen LogP contribution in [0.5, 0.6) is 0 Å². The van der Waals surface area contributed by atoms with Gasteiger partial charge in [0.05, 0.1) is 22.4 Å². The number of allylic oxidation sites excluding steroid dienone is 5. The van der Waals surface area contributed by atoms with Crippen LogP contribution in [0.3, 0.4) is 0 Å². The molecule has 1 unspecified atom stereocenters. The fourth-order valence-corrected chi connectivity index (χ4v) is 11.9. The summed E-state index contributed by atoms with van der Waals surface area (Å²) in [5, 5.41) is 3.82. The number of rotatable bonds is 10. The van der Waals surface area contributed by atoms with E-state index in [0.717, 1.165) is 52.8 Å². The summed E-state index contributed by atoms with van der Waals surface area (Å²) in [7, 11) is 0. The van der Waals surface area contributed by atoms with Crippen molar-refractivity contribution < 1.29 is 0 Å². The lowest BCUT2D eigenvalue weighted by atomic mass is 9.91. The second-order valence-electron chi connectivity index (χ2n) is 19.9. The Morgan fingerprint density at radius 2 is 0.932 bits per heavy atom. The molecule has 74 heavy (non-hydrogen) atoms. The van der Waals surface area contributed by atoms with Crippen molar-refractivity contribution in [2.45, 2.75) is 38.3 Å². The van der Waals surface area contributed by atoms with E-state index < -0.39 is 0 Å². The van der Waals surface area contributed by atoms with Crippen molar-refractivity contribution in [3.05, 3.63) is 276 Å². The summed E-state index contributed by atoms with van der Waals surface area (Å²) in [4.78, 5) is 11.2. The standard InChI is InChI=1S/C70H52N4/c1-5-19-47(20-6-1)51-33-37-65-59(41-51)60-42-52(48-21-7-2-8-22-48)34-38-66(60)73(65)45-55-27-13-15-29-57(55)69-70(72-64-32-18-17-31-63(64)71-69)58-30-16-14-28-56(58)46-74-67-39-35-53(49-23-9-3-10-24-49)43-61(67)62-44-54(36-40-68(62)74)50-25-11-4-12-26-50/h1-25,27-33,35-37,39-44,50H,26,34,38,45-46H2. The predicted octanol–water partition coefficient (Wildman–Crippen LogP) is 17.5. The minimum Gasteiger partial charge on any atom is -0.340 e. The van der Waals surface area contributed by atoms with E-state index >= 15 is 0 Å². The van der Waals surface area contributed by atoms with Gasteiger partial charge in [-0.1, -0.05) is 194 Å². The number of hydrogen-bond donors (Lipinski definition) is 0. The van der Waals surface area contributed by atoms with E-state index in [2.05, 4.69) is 258 Å². The molecule has 0 spiro atoms. The Labute approximate surface area is 431 Å². The van der Waals surface area contributed by atoms with Crippen LogP contribution in [0.15, 0.2) is 243 Å². The maximum atomic E-state index is 5.58. The number of hydrogen-bond acceptors (Lipinski definition) is 2. The van der Waals surface area contributed by atoms with Gasteiger partial charge in [0.25, 0.3) is 0 Å². The van der Waals surface area contributed by atoms with E-state index in [9.17, 15) is 0 Å². The normalized spacial score (nSPS) is 14.3. The molecule has 0 aliphatic heterocycles. The SMILES string of the molecule is C1=CCC(c2ccc3c(c2)c2cc(-c4ccccc4)ccc2n3Cc2ccccc2-c2nc3ccccc3nc2-c2ccccc2Cn2c3c(c4cc(-c5ccccc5)ccc42)C=C(c2ccccc2)CC3)C=C1. The van der Waals surface area contributed by atoms with Crippen LogP contribution < -0.4 is 0 Å². The topological polar surface area (TPSA) is 35.6 Å². The summed E-state index contributed by atoms with van der Waals surface area (Å²) in [6.45, 7) is 1.35. The second kappa shape index (κ2) is 18.5. The van der Waals surface area contributed by atoms with Gasteiger partial charge in [-0.2, -0.15) is 0 Å². The molecule has 0 saturated heterocycles. The molecule has 0 N–H and O–H groups in total. The van der Waals surface area contributed by atoms with Crippen molar-refractivity contribution in [2.75, 3.05) is 0 Å². The highest BCUT2D eigenvalue weighted by Crippen LogP contribution is 2.42. The molecule has 2 aliphatic carbocycles. The van der Waals surface area contributed by atoms with Gasteiger partial charge in [0.1, 0.15) is 0 Å². The number of benzene rings is 9. The zero-order chi connectivity index (χ0) is 49.0. The minimum absolute atomic E-state index is 0.354. The van der Waals surface area contributed by atoms with Gasteiger partial charge in [0.15, 0.2) is 0 Å². The molecule has 352 valence electrons. The Balaban J connectivity index is 0.909. The van der Waals surface area contributed by atoms with Crippen LogP contribution in [0.2, 0.25) is 0 Å². The molecule has 9 aromatic carbocycles. The van der Waals surface area contributed by atoms with Crippen LogP contribution in [0.4, 0.5) is 0 Å². The molecule has 4 heteroatoms. The zero-order valence-corrected chi connectivity index (χ0v) is 41.1. The highest BCUT2D eigenvalue weighted by molar-refractivity contribution is 6.10. The van der Waals surface area contributed by atoms with Gasteiger partial charge in [-0.15, -0.1) is 0 Å². The molecular weight excluding hydrogens is 897 g/mol. The summed E-state index contributed by atoms with van der Waals surface area (Å²) in [6, 6.07) is 79.6. The fourth-order valence-electron chi connectivity index (χ4n) is 11.9. The molecule has 0 amide bonds. The highest BCUT2D eigenvalue weighted by atomic mass is 15.0. The Morgan fingerprint density at radius 3 is 1.54 bits per heavy atom. The molecule has 14 rings (SSSR count). The van der Waals surface area contributed by atoms with E-state index in [1.165, 1.54) is 94.0 Å². The average Bonchev–Trinajstić information content (AvgIpc) is 3.96. The predicted molar refractivity (Wildman–Crippen MR) is 309 cm³/mol. The number of fused-ring (bicyclic) bond motifs is 7. The summed E-state index contributed by atoms with van der Waals surface area (Å²) < 4.78 is 5.10. The first-order valence-corrected chi connectivity index (χ1v) is 26.0. The van der Waals surface area contributed by atoms with Gasteiger partial charge in [-0.05, 0) is 124 Å². The van der Waals surface area contributed by atoms with E-state index in [1.54, 1.807) is 0 Å². The van der Waals surface area contributed by atoms with Gasteiger partial charge in [-0.3, -0.25) is 0 Å². The van der Waals surface area contributed by atoms with E-state index in [0.29, 0.717) is 19.0 Å². The van der Waals surface area contributed by atoms with Gasteiger partial charge in [-0.25, -0.2) is 9.97 Å². The second-order valence-corrected chi connectivity index (χ2v) is 19.9. The third-order valence-electron chi connectivity index (χ3n) is 15.6. The molecule has 0 fully saturated rings. The zero-order valence-electron chi connectivity index (χ0n) is 41.1. The molecule has 0 saturated carbocycles. The van der Waals surface area contributed by atoms with Crippen molar-refractivity contribution in [1.82, 2.24) is 19.1 Å². The first kappa shape index (κ1) is 43.7. The third kappa shape index (κ3) is 7.78. The maximum absolute atomic E-state index is 5.58. The number of para-hydroxylation sites is 2. The lowest BCUT2D eigenvalue weighted by Crippen LogP contribution is -2.09. The highest BCUT2D eigenvalue weighted by Gasteiger charge is 2.25. The molecular formula is C70H52N4. The van der Waals surface area contributed by atoms with Crippen molar-refractivity contribution in [2.24, 2.45) is 0 Å². The van der Waals surface area contributed by atoms with Crippen LogP contribution in [0.1, 0.15) is 52.3 Å². The first-order chi connectivity index (χ1) is 36.7. The van der Waals surface area contributed by atoms with Crippen LogP contribution in [-0.2, 0) is 19.5 Å². The lowest BCUT2D eigenvalue weighted by Gasteiger charge is -2.20. The van der Waals surface area contributed by atoms with Gasteiger partial charge in [0, 0.05) is 74.1 Å². The van der Waals surface area contributed by atoms with Crippen LogP contribution in [0, 0.1) is 0 Å². The quantitative estimate of drug-likeness (QED) is 0.137. The van der Waals surface area contributed by atoms with Crippen LogP contribution in [-0.4, -0.2) is 19.1 Å². The molecule has 4 nitrogen and oxygen atoms in total. The van der Waals surface area contributed by atoms with E-state index in [-0.39, 0.29) is 0 Å². The number of nitrogens with zero attached hydrogens (tertiary/aromatic N) is 4. The number of aromatic nitrogens is 4. The monoisotopic (exact) mass is 948 g/mol. The fraction of sp³-hybridized carbons (Fsp3) is 0.0857. The van der Waals surface area contributed by atoms with E-state index in [1.807, 2.05) is 0 Å². The average molecular weight is 949 g/mol. The van der Waals surface area contributed by atoms with Gasteiger partial charge < -0.3 is 9.13 Å². The molecule has 0 radical (unpaired) electrons. The third-order valence-corrected chi connectivity index (χ3v) is 15.6. The van der Waals surface area contributed by atoms with Gasteiger partial charge in [0.2, 0.25) is 0 Å². The van der Waals surface area contributed by atoms with Crippen molar-refractivity contribution in [1.29, 1.82) is 0 Å². The largest absolute Gasteiger partial charge is 0.340 e. The minimum atomic E-state index is 0.354. The Kier molecular flexibility index (Phi) is 10.9. The van der Waals surface area contributed by atoms with Crippen LogP contribution in [0.25, 0.3) is 100 Å². The summed E-state index contributed by atoms with van der Waals surface area (Å²) in [5.74, 6) is 0.354. The van der Waals surface area contributed by atoms with Crippen LogP contribution >= 0.6 is 0 Å². The Bertz CT molecular complexity index is 4210. The molecule has 2 aliphatic rings. The first-order valence-electron chi connectivity index (χ1n) is 26.0. The van der Waals surface area contributed by atoms with Crippen molar-refractivity contribution >= 4 is 55.4 Å². The summed E-state index contributed by atoms with van der Waals surface area (Å²) in [5.41, 5.74) is 23.4. The lowest BCUT2D eigenvalue weighted by molar-refractivity contribution is 0.759. The molecule has 0 bridgehead atoms. The molecule has 12 aromatic rings. The summed E-state index contributed by atoms with van der Waals surface area (Å²) in [6.07, 6.45) is 14.4. The Hall–Kier alpha value is -9.12. The Morgan fingerprint density at radius 1 is 0.419 bits per heavy atom. The summed E-state index contributed by atoms with van der Waals surface area (Å²) >= 11 is 0. The maximum Gasteiger partial charge on any atom is 0.0976 e. The molecule has 3 aromatic heterocycles. The molecule has 1 atom stereocenters. The van der Waals surface area contributed by atoms with E-state index in [4.69, 9.17) is 9.97 Å². The smallest absolute Gasteiger partial charge is 0.0976 e. The van der Waals surface area contributed by atoms with Crippen molar-refractivity contribution in [3.8, 4) is 44.8 Å².